The van der Waals surface area contributed by atoms with Gasteiger partial charge in [-0.15, -0.1) is 0 Å². The molecule has 3 rings (SSSR count). The molecule has 1 aliphatic heterocycles. The van der Waals surface area contributed by atoms with Crippen LogP contribution in [0.2, 0.25) is 0 Å². The second kappa shape index (κ2) is 6.43. The minimum Gasteiger partial charge on any atom is -0.458 e. The molecule has 7 unspecified atom stereocenters. The molecule has 7 heteroatoms. The smallest absolute Gasteiger partial charge is 0.333 e. The van der Waals surface area contributed by atoms with Gasteiger partial charge in [0.1, 0.15) is 12.2 Å². The van der Waals surface area contributed by atoms with Crippen LogP contribution in [0.15, 0.2) is 22.8 Å². The van der Waals surface area contributed by atoms with Gasteiger partial charge in [-0.1, -0.05) is 13.0 Å². The Balaban J connectivity index is 2.10. The zero-order valence-corrected chi connectivity index (χ0v) is 16.4. The van der Waals surface area contributed by atoms with Gasteiger partial charge in [-0.3, -0.25) is 4.79 Å². The van der Waals surface area contributed by atoms with Crippen molar-refractivity contribution >= 4 is 11.9 Å². The van der Waals surface area contributed by atoms with E-state index in [1.807, 2.05) is 0 Å². The summed E-state index contributed by atoms with van der Waals surface area (Å²) in [5.41, 5.74) is -1.92. The number of aliphatic hydroxyl groups excluding tert-OH is 1. The Hall–Kier alpha value is -1.70. The first-order chi connectivity index (χ1) is 12.4. The summed E-state index contributed by atoms with van der Waals surface area (Å²) in [6, 6.07) is 0. The van der Waals surface area contributed by atoms with Gasteiger partial charge >= 0.3 is 11.9 Å². The van der Waals surface area contributed by atoms with Crippen LogP contribution in [0, 0.1) is 11.8 Å². The third kappa shape index (κ3) is 3.11. The van der Waals surface area contributed by atoms with Crippen molar-refractivity contribution in [2.24, 2.45) is 11.8 Å². The average Bonchev–Trinajstić information content (AvgIpc) is 2.93. The lowest BCUT2D eigenvalue weighted by atomic mass is 9.80. The summed E-state index contributed by atoms with van der Waals surface area (Å²) in [5.74, 6) is -2.10. The highest BCUT2D eigenvalue weighted by Gasteiger charge is 2.60. The molecule has 3 aliphatic rings. The summed E-state index contributed by atoms with van der Waals surface area (Å²) in [4.78, 5) is 24.7. The van der Waals surface area contributed by atoms with Crippen LogP contribution >= 0.6 is 0 Å². The van der Waals surface area contributed by atoms with Crippen molar-refractivity contribution in [2.45, 2.75) is 77.0 Å². The fourth-order valence-electron chi connectivity index (χ4n) is 4.77. The Morgan fingerprint density at radius 2 is 1.81 bits per heavy atom. The van der Waals surface area contributed by atoms with Crippen LogP contribution in [0.4, 0.5) is 0 Å². The number of esters is 2. The number of hydrogen-bond donors (Lipinski definition) is 3. The molecule has 0 amide bonds. The molecule has 0 radical (unpaired) electrons. The summed E-state index contributed by atoms with van der Waals surface area (Å²) in [7, 11) is 0. The molecule has 0 spiro atoms. The molecule has 1 heterocycles. The summed E-state index contributed by atoms with van der Waals surface area (Å²) in [6.45, 7) is 8.11. The van der Waals surface area contributed by atoms with Gasteiger partial charge < -0.3 is 24.8 Å². The molecule has 0 aromatic heterocycles. The van der Waals surface area contributed by atoms with Crippen molar-refractivity contribution < 1.29 is 34.4 Å². The molecule has 0 bridgehead atoms. The number of carbonyl (C=O) groups is 2. The summed E-state index contributed by atoms with van der Waals surface area (Å²) >= 11 is 0. The van der Waals surface area contributed by atoms with Gasteiger partial charge in [0.15, 0.2) is 0 Å². The predicted octanol–water partition coefficient (Wildman–Crippen LogP) is 1.01. The normalized spacial score (nSPS) is 44.5. The highest BCUT2D eigenvalue weighted by Crippen LogP contribution is 2.52. The summed E-state index contributed by atoms with van der Waals surface area (Å²) in [5, 5.41) is 32.6. The Kier molecular flexibility index (Phi) is 4.77. The summed E-state index contributed by atoms with van der Waals surface area (Å²) < 4.78 is 11.2. The van der Waals surface area contributed by atoms with Gasteiger partial charge in [0.05, 0.1) is 29.1 Å². The molecular weight excluding hydrogens is 352 g/mol. The standard InChI is InChI=1S/C20H28O7/c1-6-9(2)17(22)26-12-8-20(5,25)14-11(21)7-19(4,24)15(14)16-13(12)10(3)18(23)27-16/h6,10-13,16,21,24-25H,7-8H2,1-5H3/b9-6+. The fourth-order valence-corrected chi connectivity index (χ4v) is 4.77. The highest BCUT2D eigenvalue weighted by atomic mass is 16.6. The van der Waals surface area contributed by atoms with E-state index in [1.54, 1.807) is 33.8 Å². The third-order valence-electron chi connectivity index (χ3n) is 6.24. The number of allylic oxidation sites excluding steroid dienone is 1. The number of ether oxygens (including phenoxy) is 2. The first kappa shape index (κ1) is 20.0. The molecule has 2 aliphatic carbocycles. The zero-order chi connectivity index (χ0) is 20.3. The van der Waals surface area contributed by atoms with Gasteiger partial charge in [0.25, 0.3) is 0 Å². The molecule has 1 fully saturated rings. The van der Waals surface area contributed by atoms with E-state index in [4.69, 9.17) is 9.47 Å². The third-order valence-corrected chi connectivity index (χ3v) is 6.24. The second-order valence-electron chi connectivity index (χ2n) is 8.44. The lowest BCUT2D eigenvalue weighted by Gasteiger charge is -2.33. The Morgan fingerprint density at radius 3 is 2.41 bits per heavy atom. The van der Waals surface area contributed by atoms with E-state index in [-0.39, 0.29) is 18.4 Å². The molecule has 1 saturated heterocycles. The number of fused-ring (bicyclic) bond motifs is 2. The van der Waals surface area contributed by atoms with Gasteiger partial charge in [0, 0.05) is 24.0 Å². The average molecular weight is 380 g/mol. The van der Waals surface area contributed by atoms with Crippen LogP contribution in [0.3, 0.4) is 0 Å². The van der Waals surface area contributed by atoms with E-state index in [9.17, 15) is 24.9 Å². The quantitative estimate of drug-likeness (QED) is 0.372. The Morgan fingerprint density at radius 1 is 1.22 bits per heavy atom. The minimum absolute atomic E-state index is 0.00382. The molecule has 0 saturated carbocycles. The molecule has 0 aromatic carbocycles. The maximum absolute atomic E-state index is 12.4. The number of hydrogen-bond acceptors (Lipinski definition) is 7. The van der Waals surface area contributed by atoms with E-state index in [0.29, 0.717) is 11.1 Å². The first-order valence-corrected chi connectivity index (χ1v) is 9.33. The maximum atomic E-state index is 12.4. The second-order valence-corrected chi connectivity index (χ2v) is 8.44. The van der Waals surface area contributed by atoms with Crippen LogP contribution in [0.1, 0.15) is 47.5 Å². The van der Waals surface area contributed by atoms with Crippen LogP contribution in [-0.4, -0.2) is 56.8 Å². The van der Waals surface area contributed by atoms with Crippen LogP contribution in [0.25, 0.3) is 0 Å². The van der Waals surface area contributed by atoms with Gasteiger partial charge in [0.2, 0.25) is 0 Å². The Labute approximate surface area is 158 Å². The monoisotopic (exact) mass is 380 g/mol. The van der Waals surface area contributed by atoms with Crippen molar-refractivity contribution in [1.29, 1.82) is 0 Å². The largest absolute Gasteiger partial charge is 0.458 e. The van der Waals surface area contributed by atoms with E-state index in [0.717, 1.165) is 0 Å². The van der Waals surface area contributed by atoms with E-state index in [2.05, 4.69) is 0 Å². The van der Waals surface area contributed by atoms with Crippen LogP contribution in [-0.2, 0) is 19.1 Å². The lowest BCUT2D eigenvalue weighted by molar-refractivity contribution is -0.151. The fraction of sp³-hybridized carbons (Fsp3) is 0.700. The van der Waals surface area contributed by atoms with Crippen molar-refractivity contribution in [3.63, 3.8) is 0 Å². The SMILES string of the molecule is C/C=C(\C)C(=O)OC1CC(C)(O)C2=C(C3OC(=O)C(C)C13)C(C)(O)CC2O. The number of rotatable bonds is 2. The topological polar surface area (TPSA) is 113 Å². The molecule has 7 atom stereocenters. The van der Waals surface area contributed by atoms with Crippen LogP contribution < -0.4 is 0 Å². The molecule has 3 N–H and O–H groups in total. The highest BCUT2D eigenvalue weighted by molar-refractivity contribution is 5.88. The molecular formula is C20H28O7. The van der Waals surface area contributed by atoms with Crippen molar-refractivity contribution in [3.8, 4) is 0 Å². The van der Waals surface area contributed by atoms with Gasteiger partial charge in [-0.2, -0.15) is 0 Å². The van der Waals surface area contributed by atoms with Crippen LogP contribution in [0.5, 0.6) is 0 Å². The van der Waals surface area contributed by atoms with Crippen molar-refractivity contribution in [3.05, 3.63) is 22.8 Å². The predicted molar refractivity (Wildman–Crippen MR) is 95.4 cm³/mol. The summed E-state index contributed by atoms with van der Waals surface area (Å²) in [6.07, 6.45) is -1.07. The van der Waals surface area contributed by atoms with Gasteiger partial charge in [-0.05, 0) is 33.3 Å². The number of aliphatic hydroxyl groups is 3. The van der Waals surface area contributed by atoms with Gasteiger partial charge in [-0.25, -0.2) is 4.79 Å². The number of carbonyl (C=O) groups excluding carboxylic acids is 2. The molecule has 27 heavy (non-hydrogen) atoms. The first-order valence-electron chi connectivity index (χ1n) is 9.33. The molecule has 150 valence electrons. The van der Waals surface area contributed by atoms with E-state index < -0.39 is 53.3 Å². The van der Waals surface area contributed by atoms with Crippen molar-refractivity contribution in [1.82, 2.24) is 0 Å². The minimum atomic E-state index is -1.51. The maximum Gasteiger partial charge on any atom is 0.333 e. The van der Waals surface area contributed by atoms with E-state index >= 15 is 0 Å². The zero-order valence-electron chi connectivity index (χ0n) is 16.4. The van der Waals surface area contributed by atoms with E-state index in [1.165, 1.54) is 6.92 Å². The lowest BCUT2D eigenvalue weighted by Crippen LogP contribution is -2.42. The molecule has 0 aromatic rings. The Bertz CT molecular complexity index is 731. The molecule has 7 nitrogen and oxygen atoms in total. The van der Waals surface area contributed by atoms with Crippen molar-refractivity contribution in [2.75, 3.05) is 0 Å².